The normalized spacial score (nSPS) is 13.8. The maximum absolute atomic E-state index is 12.3. The molecule has 3 N–H and O–H groups in total. The van der Waals surface area contributed by atoms with Crippen LogP contribution in [0.4, 0.5) is 0 Å². The van der Waals surface area contributed by atoms with E-state index in [-0.39, 0.29) is 35.9 Å². The fraction of sp³-hybridized carbons (Fsp3) is 0.458. The molecule has 0 aliphatic carbocycles. The van der Waals surface area contributed by atoms with Gasteiger partial charge in [-0.2, -0.15) is 0 Å². The Balaban J connectivity index is 0.00000480. The van der Waals surface area contributed by atoms with E-state index >= 15 is 0 Å². The minimum Gasteiger partial charge on any atom is -0.386 e. The molecule has 0 saturated heterocycles. The summed E-state index contributed by atoms with van der Waals surface area (Å²) in [5.41, 5.74) is 3.26. The predicted octanol–water partition coefficient (Wildman–Crippen LogP) is 4.14. The second kappa shape index (κ2) is 13.9. The number of halogens is 1. The highest BCUT2D eigenvalue weighted by atomic mass is 127. The Kier molecular flexibility index (Phi) is 12.3. The van der Waals surface area contributed by atoms with Crippen molar-refractivity contribution >= 4 is 40.7 Å². The molecule has 0 aliphatic rings. The molecule has 2 atom stereocenters. The van der Waals surface area contributed by atoms with E-state index < -0.39 is 16.9 Å². The molecular weight excluding hydrogens is 521 g/mol. The van der Waals surface area contributed by atoms with Crippen LogP contribution in [0.25, 0.3) is 0 Å². The van der Waals surface area contributed by atoms with Crippen LogP contribution in [0.5, 0.6) is 0 Å². The standard InChI is InChI=1S/C24H35N3O2S.HI/c1-5-25-23(26-15-16-30(29)18-19-9-7-6-8-10-19)27-17-22(28)20-11-13-21(14-12-20)24(2,3)4;/h6-14,22,28H,5,15-18H2,1-4H3,(H2,25,26,27);1H. The summed E-state index contributed by atoms with van der Waals surface area (Å²) in [5.74, 6) is 1.72. The fourth-order valence-electron chi connectivity index (χ4n) is 2.95. The van der Waals surface area contributed by atoms with Crippen molar-refractivity contribution in [2.24, 2.45) is 4.99 Å². The van der Waals surface area contributed by atoms with Crippen LogP contribution in [-0.4, -0.2) is 40.7 Å². The zero-order valence-corrected chi connectivity index (χ0v) is 22.1. The van der Waals surface area contributed by atoms with E-state index in [2.05, 4.69) is 48.5 Å². The van der Waals surface area contributed by atoms with Crippen LogP contribution >= 0.6 is 24.0 Å². The molecule has 5 nitrogen and oxygen atoms in total. The zero-order chi connectivity index (χ0) is 22.0. The van der Waals surface area contributed by atoms with Crippen LogP contribution < -0.4 is 10.6 Å². The van der Waals surface area contributed by atoms with Gasteiger partial charge in [0.1, 0.15) is 0 Å². The van der Waals surface area contributed by atoms with Crippen LogP contribution in [0.3, 0.4) is 0 Å². The predicted molar refractivity (Wildman–Crippen MR) is 143 cm³/mol. The topological polar surface area (TPSA) is 73.7 Å². The maximum atomic E-state index is 12.3. The average Bonchev–Trinajstić information content (AvgIpc) is 2.72. The van der Waals surface area contributed by atoms with Crippen molar-refractivity contribution < 1.29 is 9.32 Å². The first-order valence-electron chi connectivity index (χ1n) is 10.5. The highest BCUT2D eigenvalue weighted by molar-refractivity contribution is 14.0. The van der Waals surface area contributed by atoms with E-state index in [4.69, 9.17) is 0 Å². The van der Waals surface area contributed by atoms with Gasteiger partial charge in [0.2, 0.25) is 0 Å². The number of aliphatic hydroxyl groups excluding tert-OH is 1. The lowest BCUT2D eigenvalue weighted by Gasteiger charge is -2.20. The van der Waals surface area contributed by atoms with E-state index in [0.29, 0.717) is 24.0 Å². The highest BCUT2D eigenvalue weighted by Crippen LogP contribution is 2.24. The molecule has 2 rings (SSSR count). The maximum Gasteiger partial charge on any atom is 0.191 e. The van der Waals surface area contributed by atoms with Crippen LogP contribution in [-0.2, 0) is 22.0 Å². The Morgan fingerprint density at radius 3 is 2.29 bits per heavy atom. The van der Waals surface area contributed by atoms with Crippen molar-refractivity contribution in [3.8, 4) is 0 Å². The SMILES string of the molecule is CCNC(=NCC(O)c1ccc(C(C)(C)C)cc1)NCCS(=O)Cc1ccccc1.I. The monoisotopic (exact) mass is 557 g/mol. The second-order valence-electron chi connectivity index (χ2n) is 8.31. The quantitative estimate of drug-likeness (QED) is 0.246. The molecule has 172 valence electrons. The van der Waals surface area contributed by atoms with Gasteiger partial charge >= 0.3 is 0 Å². The van der Waals surface area contributed by atoms with Crippen LogP contribution in [0.15, 0.2) is 59.6 Å². The molecule has 31 heavy (non-hydrogen) atoms. The summed E-state index contributed by atoms with van der Waals surface area (Å²) in [5, 5.41) is 16.9. The molecule has 0 bridgehead atoms. The van der Waals surface area contributed by atoms with Gasteiger partial charge in [-0.1, -0.05) is 75.4 Å². The molecule has 0 aliphatic heterocycles. The first kappa shape index (κ1) is 27.6. The second-order valence-corrected chi connectivity index (χ2v) is 9.88. The number of hydrogen-bond acceptors (Lipinski definition) is 3. The van der Waals surface area contributed by atoms with Crippen molar-refractivity contribution in [2.75, 3.05) is 25.4 Å². The van der Waals surface area contributed by atoms with E-state index in [1.165, 1.54) is 5.56 Å². The van der Waals surface area contributed by atoms with E-state index in [1.807, 2.05) is 49.4 Å². The van der Waals surface area contributed by atoms with Gasteiger partial charge in [-0.05, 0) is 29.0 Å². The summed E-state index contributed by atoms with van der Waals surface area (Å²) >= 11 is 0. The smallest absolute Gasteiger partial charge is 0.191 e. The average molecular weight is 558 g/mol. The minimum atomic E-state index is -0.938. The summed E-state index contributed by atoms with van der Waals surface area (Å²) in [4.78, 5) is 4.49. The Bertz CT molecular complexity index is 821. The Hall–Kier alpha value is -1.45. The molecular formula is C24H36IN3O2S. The lowest BCUT2D eigenvalue weighted by Crippen LogP contribution is -2.39. The molecule has 0 amide bonds. The summed E-state index contributed by atoms with van der Waals surface area (Å²) in [6.45, 7) is 10.0. The number of hydrogen-bond donors (Lipinski definition) is 3. The first-order valence-corrected chi connectivity index (χ1v) is 12.0. The van der Waals surface area contributed by atoms with Gasteiger partial charge in [-0.3, -0.25) is 9.20 Å². The molecule has 0 aromatic heterocycles. The van der Waals surface area contributed by atoms with Gasteiger partial charge in [0.05, 0.1) is 12.6 Å². The molecule has 0 fully saturated rings. The number of rotatable bonds is 9. The molecule has 2 unspecified atom stereocenters. The lowest BCUT2D eigenvalue weighted by molar-refractivity contribution is 0.187. The van der Waals surface area contributed by atoms with Crippen LogP contribution in [0.2, 0.25) is 0 Å². The van der Waals surface area contributed by atoms with E-state index in [9.17, 15) is 9.32 Å². The number of nitrogens with zero attached hydrogens (tertiary/aromatic N) is 1. The van der Waals surface area contributed by atoms with Gasteiger partial charge in [0.15, 0.2) is 5.96 Å². The molecule has 2 aromatic rings. The molecule has 2 aromatic carbocycles. The Morgan fingerprint density at radius 1 is 1.06 bits per heavy atom. The molecule has 0 radical (unpaired) electrons. The summed E-state index contributed by atoms with van der Waals surface area (Å²) in [6.07, 6.45) is -0.665. The summed E-state index contributed by atoms with van der Waals surface area (Å²) in [7, 11) is -0.938. The third-order valence-corrected chi connectivity index (χ3v) is 6.04. The number of aliphatic hydroxyl groups is 1. The molecule has 0 spiro atoms. The Morgan fingerprint density at radius 2 is 1.71 bits per heavy atom. The largest absolute Gasteiger partial charge is 0.386 e. The van der Waals surface area contributed by atoms with Crippen molar-refractivity contribution in [3.63, 3.8) is 0 Å². The Labute approximate surface area is 206 Å². The van der Waals surface area contributed by atoms with Crippen molar-refractivity contribution in [2.45, 2.75) is 45.0 Å². The molecule has 7 heteroatoms. The van der Waals surface area contributed by atoms with Gasteiger partial charge in [-0.25, -0.2) is 0 Å². The van der Waals surface area contributed by atoms with Crippen LogP contribution in [0.1, 0.15) is 50.5 Å². The van der Waals surface area contributed by atoms with E-state index in [1.54, 1.807) is 0 Å². The third-order valence-electron chi connectivity index (χ3n) is 4.72. The minimum absolute atomic E-state index is 0. The number of benzene rings is 2. The number of guanidine groups is 1. The van der Waals surface area contributed by atoms with Gasteiger partial charge in [0.25, 0.3) is 0 Å². The molecule has 0 saturated carbocycles. The first-order chi connectivity index (χ1) is 14.3. The number of aliphatic imine (C=N–C) groups is 1. The van der Waals surface area contributed by atoms with Gasteiger partial charge < -0.3 is 15.7 Å². The third kappa shape index (κ3) is 10.1. The fourth-order valence-corrected chi connectivity index (χ4v) is 3.98. The summed E-state index contributed by atoms with van der Waals surface area (Å²) < 4.78 is 12.3. The van der Waals surface area contributed by atoms with Crippen LogP contribution in [0, 0.1) is 0 Å². The van der Waals surface area contributed by atoms with Crippen molar-refractivity contribution in [3.05, 3.63) is 71.3 Å². The van der Waals surface area contributed by atoms with E-state index in [0.717, 1.165) is 17.7 Å². The van der Waals surface area contributed by atoms with Crippen molar-refractivity contribution in [1.82, 2.24) is 10.6 Å². The highest BCUT2D eigenvalue weighted by Gasteiger charge is 2.14. The number of nitrogens with one attached hydrogen (secondary N) is 2. The zero-order valence-electron chi connectivity index (χ0n) is 18.9. The molecule has 0 heterocycles. The van der Waals surface area contributed by atoms with Gasteiger partial charge in [-0.15, -0.1) is 24.0 Å². The lowest BCUT2D eigenvalue weighted by atomic mass is 9.86. The summed E-state index contributed by atoms with van der Waals surface area (Å²) in [6, 6.07) is 17.9. The van der Waals surface area contributed by atoms with Gasteiger partial charge in [0, 0.05) is 35.4 Å². The van der Waals surface area contributed by atoms with Crippen molar-refractivity contribution in [1.29, 1.82) is 0 Å².